The molecule has 4 rings (SSSR count). The van der Waals surface area contributed by atoms with Gasteiger partial charge < -0.3 is 14.2 Å². The fourth-order valence-corrected chi connectivity index (χ4v) is 2.71. The maximum atomic E-state index is 12.1. The normalized spacial score (nSPS) is 16.6. The van der Waals surface area contributed by atoms with Gasteiger partial charge in [-0.1, -0.05) is 17.7 Å². The number of carbonyl (C=O) groups excluding carboxylic acids is 1. The highest BCUT2D eigenvalue weighted by Crippen LogP contribution is 2.39. The van der Waals surface area contributed by atoms with E-state index in [-0.39, 0.29) is 35.4 Å². The van der Waals surface area contributed by atoms with E-state index in [0.29, 0.717) is 16.3 Å². The first-order chi connectivity index (χ1) is 12.5. The highest BCUT2D eigenvalue weighted by molar-refractivity contribution is 6.31. The molecule has 26 heavy (non-hydrogen) atoms. The van der Waals surface area contributed by atoms with Crippen LogP contribution in [0.25, 0.3) is 6.08 Å². The quantitative estimate of drug-likeness (QED) is 0.354. The molecule has 8 nitrogen and oxygen atoms in total. The van der Waals surface area contributed by atoms with Gasteiger partial charge in [-0.3, -0.25) is 10.1 Å². The van der Waals surface area contributed by atoms with Gasteiger partial charge in [-0.15, -0.1) is 0 Å². The first-order valence-electron chi connectivity index (χ1n) is 7.38. The lowest BCUT2D eigenvalue weighted by atomic mass is 10.1. The number of nitrogens with zero attached hydrogens (tertiary/aromatic N) is 2. The number of carbonyl (C=O) groups is 1. The van der Waals surface area contributed by atoms with Crippen LogP contribution in [0.1, 0.15) is 11.1 Å². The summed E-state index contributed by atoms with van der Waals surface area (Å²) in [7, 11) is 0. The average Bonchev–Trinajstić information content (AvgIpc) is 3.20. The van der Waals surface area contributed by atoms with Gasteiger partial charge in [0.2, 0.25) is 12.7 Å². The molecule has 0 amide bonds. The van der Waals surface area contributed by atoms with Crippen LogP contribution in [0.2, 0.25) is 5.02 Å². The third-order valence-corrected chi connectivity index (χ3v) is 3.94. The van der Waals surface area contributed by atoms with Crippen LogP contribution in [0, 0.1) is 10.1 Å². The van der Waals surface area contributed by atoms with Crippen molar-refractivity contribution in [2.75, 3.05) is 6.79 Å². The van der Waals surface area contributed by atoms with E-state index in [4.69, 9.17) is 25.8 Å². The second-order valence-electron chi connectivity index (χ2n) is 5.37. The van der Waals surface area contributed by atoms with E-state index in [0.717, 1.165) is 0 Å². The number of hydrogen-bond donors (Lipinski definition) is 0. The van der Waals surface area contributed by atoms with Gasteiger partial charge in [0.25, 0.3) is 5.69 Å². The maximum absolute atomic E-state index is 12.1. The van der Waals surface area contributed by atoms with Crippen molar-refractivity contribution in [3.63, 3.8) is 0 Å². The van der Waals surface area contributed by atoms with Gasteiger partial charge >= 0.3 is 5.97 Å². The summed E-state index contributed by atoms with van der Waals surface area (Å²) in [6, 6.07) is 9.32. The zero-order chi connectivity index (χ0) is 18.3. The molecule has 2 aliphatic rings. The second kappa shape index (κ2) is 6.16. The molecule has 0 atom stereocenters. The Balaban J connectivity index is 1.76. The fourth-order valence-electron chi connectivity index (χ4n) is 2.52. The lowest BCUT2D eigenvalue weighted by Gasteiger charge is -2.01. The van der Waals surface area contributed by atoms with E-state index in [1.165, 1.54) is 18.2 Å². The van der Waals surface area contributed by atoms with Crippen LogP contribution in [-0.4, -0.2) is 23.6 Å². The number of ether oxygens (including phenoxy) is 3. The molecular formula is C17H9ClN2O6. The number of hydrogen-bond acceptors (Lipinski definition) is 7. The molecule has 0 fully saturated rings. The van der Waals surface area contributed by atoms with Crippen LogP contribution in [0.5, 0.6) is 11.5 Å². The largest absolute Gasteiger partial charge is 0.454 e. The van der Waals surface area contributed by atoms with Crippen molar-refractivity contribution in [2.45, 2.75) is 0 Å². The molecule has 2 aromatic rings. The molecule has 0 unspecified atom stereocenters. The number of rotatable bonds is 3. The van der Waals surface area contributed by atoms with Crippen molar-refractivity contribution >= 4 is 35.2 Å². The predicted octanol–water partition coefficient (Wildman–Crippen LogP) is 3.32. The number of fused-ring (bicyclic) bond motifs is 1. The Morgan fingerprint density at radius 3 is 2.69 bits per heavy atom. The van der Waals surface area contributed by atoms with E-state index in [9.17, 15) is 14.9 Å². The highest BCUT2D eigenvalue weighted by Gasteiger charge is 2.27. The minimum absolute atomic E-state index is 0.0222. The molecule has 0 saturated carbocycles. The molecule has 0 aromatic heterocycles. The first-order valence-corrected chi connectivity index (χ1v) is 7.75. The Kier molecular flexibility index (Phi) is 3.81. The molecule has 0 bridgehead atoms. The number of halogens is 1. The second-order valence-corrected chi connectivity index (χ2v) is 5.80. The van der Waals surface area contributed by atoms with Gasteiger partial charge in [0, 0.05) is 10.6 Å². The van der Waals surface area contributed by atoms with Crippen molar-refractivity contribution in [2.24, 2.45) is 4.99 Å². The summed E-state index contributed by atoms with van der Waals surface area (Å²) in [5.74, 6) is -0.0112. The number of benzene rings is 2. The molecule has 0 radical (unpaired) electrons. The zero-order valence-corrected chi connectivity index (χ0v) is 13.7. The molecule has 0 spiro atoms. The Hall–Kier alpha value is -3.39. The molecule has 2 aliphatic heterocycles. The Bertz CT molecular complexity index is 1010. The van der Waals surface area contributed by atoms with Gasteiger partial charge in [-0.2, -0.15) is 0 Å². The van der Waals surface area contributed by atoms with Gasteiger partial charge in [-0.05, 0) is 30.3 Å². The molecule has 130 valence electrons. The molecule has 2 heterocycles. The molecule has 0 saturated heterocycles. The van der Waals surface area contributed by atoms with Crippen LogP contribution in [0.15, 0.2) is 47.1 Å². The minimum atomic E-state index is -0.716. The van der Waals surface area contributed by atoms with Crippen molar-refractivity contribution in [3.05, 3.63) is 68.4 Å². The summed E-state index contributed by atoms with van der Waals surface area (Å²) in [6.07, 6.45) is 1.28. The van der Waals surface area contributed by atoms with Crippen LogP contribution < -0.4 is 9.47 Å². The molecule has 0 N–H and O–H groups in total. The predicted molar refractivity (Wildman–Crippen MR) is 91.3 cm³/mol. The first kappa shape index (κ1) is 16.1. The summed E-state index contributed by atoms with van der Waals surface area (Å²) in [5.41, 5.74) is 0.375. The topological polar surface area (TPSA) is 100 Å². The number of nitro benzene ring substituents is 1. The standard InChI is InChI=1S/C17H9ClN2O6/c18-11-3-1-2-9(4-11)16-19-12(17(21)26-16)5-10-6-14-15(25-8-24-14)7-13(10)20(22)23/h1-7H,8H2. The maximum Gasteiger partial charge on any atom is 0.363 e. The summed E-state index contributed by atoms with van der Waals surface area (Å²) in [5, 5.41) is 11.8. The van der Waals surface area contributed by atoms with Crippen LogP contribution in [-0.2, 0) is 9.53 Å². The SMILES string of the molecule is O=C1OC(c2cccc(Cl)c2)=NC1=Cc1cc2c(cc1[N+](=O)[O-])OCO2. The molecule has 0 aliphatic carbocycles. The van der Waals surface area contributed by atoms with Crippen molar-refractivity contribution in [1.29, 1.82) is 0 Å². The summed E-state index contributed by atoms with van der Waals surface area (Å²) < 4.78 is 15.5. The van der Waals surface area contributed by atoms with Gasteiger partial charge in [-0.25, -0.2) is 9.79 Å². The van der Waals surface area contributed by atoms with Crippen molar-refractivity contribution in [3.8, 4) is 11.5 Å². The lowest BCUT2D eigenvalue weighted by molar-refractivity contribution is -0.385. The highest BCUT2D eigenvalue weighted by atomic mass is 35.5. The van der Waals surface area contributed by atoms with Gasteiger partial charge in [0.1, 0.15) is 0 Å². The molecular weight excluding hydrogens is 364 g/mol. The van der Waals surface area contributed by atoms with Crippen molar-refractivity contribution in [1.82, 2.24) is 0 Å². The summed E-state index contributed by atoms with van der Waals surface area (Å²) in [6.45, 7) is -0.0222. The number of cyclic esters (lactones) is 1. The number of esters is 1. The van der Waals surface area contributed by atoms with E-state index >= 15 is 0 Å². The molecule has 2 aromatic carbocycles. The third kappa shape index (κ3) is 2.86. The summed E-state index contributed by atoms with van der Waals surface area (Å²) in [4.78, 5) is 27.0. The Morgan fingerprint density at radius 2 is 1.96 bits per heavy atom. The van der Waals surface area contributed by atoms with Crippen LogP contribution in [0.3, 0.4) is 0 Å². The van der Waals surface area contributed by atoms with E-state index < -0.39 is 10.9 Å². The third-order valence-electron chi connectivity index (χ3n) is 3.70. The van der Waals surface area contributed by atoms with Crippen molar-refractivity contribution < 1.29 is 23.9 Å². The smallest absolute Gasteiger partial charge is 0.363 e. The number of nitro groups is 1. The fraction of sp³-hybridized carbons (Fsp3) is 0.0588. The zero-order valence-electron chi connectivity index (χ0n) is 13.0. The van der Waals surface area contributed by atoms with Crippen LogP contribution >= 0.6 is 11.6 Å². The Morgan fingerprint density at radius 1 is 1.19 bits per heavy atom. The minimum Gasteiger partial charge on any atom is -0.454 e. The monoisotopic (exact) mass is 372 g/mol. The van der Waals surface area contributed by atoms with Crippen LogP contribution in [0.4, 0.5) is 5.69 Å². The summed E-state index contributed by atoms with van der Waals surface area (Å²) >= 11 is 5.92. The number of aliphatic imine (C=N–C) groups is 1. The van der Waals surface area contributed by atoms with E-state index in [2.05, 4.69) is 4.99 Å². The van der Waals surface area contributed by atoms with Gasteiger partial charge in [0.05, 0.1) is 16.6 Å². The molecule has 9 heteroatoms. The average molecular weight is 373 g/mol. The lowest BCUT2D eigenvalue weighted by Crippen LogP contribution is -2.05. The van der Waals surface area contributed by atoms with E-state index in [1.807, 2.05) is 0 Å². The van der Waals surface area contributed by atoms with Gasteiger partial charge in [0.15, 0.2) is 17.2 Å². The van der Waals surface area contributed by atoms with E-state index in [1.54, 1.807) is 24.3 Å². The Labute approximate surface area is 151 Å².